The molecule has 0 fully saturated rings. The Morgan fingerprint density at radius 1 is 0.562 bits per heavy atom. The Kier molecular flexibility index (Phi) is 5.37. The minimum atomic E-state index is 0.146. The zero-order valence-corrected chi connectivity index (χ0v) is 26.2. The van der Waals surface area contributed by atoms with Crippen molar-refractivity contribution in [1.82, 2.24) is 0 Å². The summed E-state index contributed by atoms with van der Waals surface area (Å²) < 4.78 is 13.0. The van der Waals surface area contributed by atoms with E-state index in [0.29, 0.717) is 11.8 Å². The van der Waals surface area contributed by atoms with Gasteiger partial charge < -0.3 is 9.15 Å². The number of fused-ring (bicyclic) bond motifs is 11. The normalized spacial score (nSPS) is 20.9. The highest BCUT2D eigenvalue weighted by Crippen LogP contribution is 2.52. The van der Waals surface area contributed by atoms with E-state index in [1.165, 1.54) is 49.4 Å². The molecule has 0 saturated heterocycles. The van der Waals surface area contributed by atoms with Gasteiger partial charge in [-0.05, 0) is 86.0 Å². The summed E-state index contributed by atoms with van der Waals surface area (Å²) in [7, 11) is 0. The van der Waals surface area contributed by atoms with Gasteiger partial charge in [-0.1, -0.05) is 121 Å². The molecule has 7 aromatic rings. The minimum absolute atomic E-state index is 0.146. The predicted molar refractivity (Wildman–Crippen MR) is 199 cm³/mol. The third-order valence-electron chi connectivity index (χ3n) is 11.0. The highest BCUT2D eigenvalue weighted by Gasteiger charge is 2.35. The van der Waals surface area contributed by atoms with Crippen LogP contribution in [0.5, 0.6) is 5.75 Å². The molecule has 48 heavy (non-hydrogen) atoms. The fourth-order valence-electron chi connectivity index (χ4n) is 8.83. The average Bonchev–Trinajstić information content (AvgIpc) is 3.70. The standard InChI is InChI=1S/C46H30O2/c1-2-12-30-27(10-1)11-9-18-32(30)45-35-16-5-3-14-33(35)44(34-15-4-6-17-36(34)45)29-21-23-42-39(24-29)40-26-38-28(25-43(40)47-42)20-22-37-31-13-7-8-19-41(31)48-46(37)38/h1-23,25-27,30,39H,24H2. The molecule has 0 spiro atoms. The molecule has 1 aliphatic heterocycles. The first-order valence-corrected chi connectivity index (χ1v) is 16.9. The fourth-order valence-corrected chi connectivity index (χ4v) is 8.83. The highest BCUT2D eigenvalue weighted by molar-refractivity contribution is 6.17. The van der Waals surface area contributed by atoms with Crippen LogP contribution in [0.2, 0.25) is 0 Å². The smallest absolute Gasteiger partial charge is 0.143 e. The van der Waals surface area contributed by atoms with Crippen LogP contribution >= 0.6 is 0 Å². The lowest BCUT2D eigenvalue weighted by molar-refractivity contribution is 0.427. The van der Waals surface area contributed by atoms with Gasteiger partial charge in [0.25, 0.3) is 0 Å². The first-order valence-electron chi connectivity index (χ1n) is 16.9. The van der Waals surface area contributed by atoms with E-state index in [-0.39, 0.29) is 5.92 Å². The summed E-state index contributed by atoms with van der Waals surface area (Å²) in [5.74, 6) is 2.84. The number of hydrogen-bond donors (Lipinski definition) is 0. The predicted octanol–water partition coefficient (Wildman–Crippen LogP) is 12.2. The second kappa shape index (κ2) is 9.82. The van der Waals surface area contributed by atoms with Crippen molar-refractivity contribution in [2.45, 2.75) is 12.3 Å². The van der Waals surface area contributed by atoms with Crippen molar-refractivity contribution in [2.75, 3.05) is 0 Å². The van der Waals surface area contributed by atoms with E-state index < -0.39 is 0 Å². The first-order chi connectivity index (χ1) is 23.8. The lowest BCUT2D eigenvalue weighted by Crippen LogP contribution is -2.15. The molecule has 0 saturated carbocycles. The van der Waals surface area contributed by atoms with Gasteiger partial charge in [-0.2, -0.15) is 0 Å². The number of para-hydroxylation sites is 1. The van der Waals surface area contributed by atoms with Crippen molar-refractivity contribution >= 4 is 65.4 Å². The van der Waals surface area contributed by atoms with Crippen molar-refractivity contribution in [1.29, 1.82) is 0 Å². The Morgan fingerprint density at radius 3 is 2.08 bits per heavy atom. The van der Waals surface area contributed by atoms with E-state index in [2.05, 4.69) is 146 Å². The van der Waals surface area contributed by atoms with E-state index >= 15 is 0 Å². The molecular weight excluding hydrogens is 585 g/mol. The molecular formula is C46H30O2. The molecule has 0 amide bonds. The maximum Gasteiger partial charge on any atom is 0.143 e. The second-order valence-corrected chi connectivity index (χ2v) is 13.5. The number of allylic oxidation sites excluding steroid dienone is 12. The third kappa shape index (κ3) is 3.63. The molecule has 3 atom stereocenters. The summed E-state index contributed by atoms with van der Waals surface area (Å²) in [6.07, 6.45) is 21.4. The third-order valence-corrected chi connectivity index (χ3v) is 11.0. The van der Waals surface area contributed by atoms with Gasteiger partial charge in [-0.3, -0.25) is 0 Å². The maximum atomic E-state index is 6.56. The van der Waals surface area contributed by atoms with Gasteiger partial charge in [0.1, 0.15) is 22.7 Å². The van der Waals surface area contributed by atoms with Crippen LogP contribution in [0.4, 0.5) is 0 Å². The van der Waals surface area contributed by atoms with E-state index in [1.807, 2.05) is 6.07 Å². The number of rotatable bonds is 2. The molecule has 2 nitrogen and oxygen atoms in total. The van der Waals surface area contributed by atoms with Crippen LogP contribution in [0.25, 0.3) is 65.4 Å². The van der Waals surface area contributed by atoms with Gasteiger partial charge >= 0.3 is 0 Å². The SMILES string of the molecule is C1=CC2C=CC=C(c3c4ccccc4c(C4=CC=C5Oc6cc7ccc8c9ccccc9oc8c7cc6C5C4)c4ccccc34)C2C=C1. The van der Waals surface area contributed by atoms with Crippen molar-refractivity contribution < 1.29 is 9.15 Å². The Labute approximate surface area is 277 Å². The van der Waals surface area contributed by atoms with Crippen molar-refractivity contribution in [3.05, 3.63) is 174 Å². The minimum Gasteiger partial charge on any atom is -0.461 e. The van der Waals surface area contributed by atoms with Gasteiger partial charge in [0, 0.05) is 39.5 Å². The molecule has 11 rings (SSSR count). The molecule has 3 aliphatic carbocycles. The van der Waals surface area contributed by atoms with Gasteiger partial charge in [-0.15, -0.1) is 0 Å². The fraction of sp³-hybridized carbons (Fsp3) is 0.0870. The number of hydrogen-bond acceptors (Lipinski definition) is 2. The quantitative estimate of drug-likeness (QED) is 0.181. The number of ether oxygens (including phenoxy) is 1. The Bertz CT molecular complexity index is 2680. The molecule has 1 aromatic heterocycles. The van der Waals surface area contributed by atoms with Crippen LogP contribution in [-0.4, -0.2) is 0 Å². The first kappa shape index (κ1) is 26.2. The molecule has 2 heterocycles. The van der Waals surface area contributed by atoms with Gasteiger partial charge in [0.2, 0.25) is 0 Å². The number of furan rings is 1. The van der Waals surface area contributed by atoms with Crippen LogP contribution in [-0.2, 0) is 0 Å². The van der Waals surface area contributed by atoms with Crippen LogP contribution in [0.15, 0.2) is 162 Å². The van der Waals surface area contributed by atoms with Gasteiger partial charge in [-0.25, -0.2) is 0 Å². The topological polar surface area (TPSA) is 22.4 Å². The van der Waals surface area contributed by atoms with Gasteiger partial charge in [0.05, 0.1) is 0 Å². The molecule has 6 aromatic carbocycles. The molecule has 2 heteroatoms. The molecule has 4 aliphatic rings. The number of benzene rings is 6. The maximum absolute atomic E-state index is 6.56. The van der Waals surface area contributed by atoms with E-state index in [4.69, 9.17) is 9.15 Å². The summed E-state index contributed by atoms with van der Waals surface area (Å²) in [6, 6.07) is 35.3. The summed E-state index contributed by atoms with van der Waals surface area (Å²) in [4.78, 5) is 0. The lowest BCUT2D eigenvalue weighted by Gasteiger charge is -2.30. The van der Waals surface area contributed by atoms with E-state index in [9.17, 15) is 0 Å². The monoisotopic (exact) mass is 614 g/mol. The molecule has 0 radical (unpaired) electrons. The molecule has 0 N–H and O–H groups in total. The summed E-state index contributed by atoms with van der Waals surface area (Å²) in [5.41, 5.74) is 8.53. The lowest BCUT2D eigenvalue weighted by atomic mass is 9.74. The molecule has 0 bridgehead atoms. The van der Waals surface area contributed by atoms with Crippen LogP contribution in [0.1, 0.15) is 29.0 Å². The Morgan fingerprint density at radius 2 is 1.27 bits per heavy atom. The molecule has 226 valence electrons. The highest BCUT2D eigenvalue weighted by atomic mass is 16.5. The summed E-state index contributed by atoms with van der Waals surface area (Å²) in [5, 5.41) is 9.82. The van der Waals surface area contributed by atoms with Crippen LogP contribution in [0, 0.1) is 11.8 Å². The average molecular weight is 615 g/mol. The molecule has 3 unspecified atom stereocenters. The van der Waals surface area contributed by atoms with Gasteiger partial charge in [0.15, 0.2) is 0 Å². The zero-order chi connectivity index (χ0) is 31.3. The Balaban J connectivity index is 1.08. The Hall–Kier alpha value is -5.86. The largest absolute Gasteiger partial charge is 0.461 e. The second-order valence-electron chi connectivity index (χ2n) is 13.5. The van der Waals surface area contributed by atoms with E-state index in [1.54, 1.807) is 0 Å². The van der Waals surface area contributed by atoms with Crippen molar-refractivity contribution in [3.63, 3.8) is 0 Å². The summed E-state index contributed by atoms with van der Waals surface area (Å²) >= 11 is 0. The van der Waals surface area contributed by atoms with Crippen LogP contribution in [0.3, 0.4) is 0 Å². The van der Waals surface area contributed by atoms with Crippen molar-refractivity contribution in [2.24, 2.45) is 11.8 Å². The summed E-state index contributed by atoms with van der Waals surface area (Å²) in [6.45, 7) is 0. The van der Waals surface area contributed by atoms with Crippen molar-refractivity contribution in [3.8, 4) is 5.75 Å². The van der Waals surface area contributed by atoms with Crippen LogP contribution < -0.4 is 4.74 Å². The zero-order valence-electron chi connectivity index (χ0n) is 26.2. The van der Waals surface area contributed by atoms with E-state index in [0.717, 1.165) is 50.6 Å².